The largest absolute Gasteiger partial charge is 0.385 e. The van der Waals surface area contributed by atoms with Gasteiger partial charge in [-0.2, -0.15) is 0 Å². The first-order valence-electron chi connectivity index (χ1n) is 7.81. The zero-order chi connectivity index (χ0) is 15.9. The molecule has 2 N–H and O–H groups in total. The number of anilines is 2. The summed E-state index contributed by atoms with van der Waals surface area (Å²) < 4.78 is 0. The van der Waals surface area contributed by atoms with E-state index in [0.717, 1.165) is 43.6 Å². The van der Waals surface area contributed by atoms with Crippen molar-refractivity contribution in [2.24, 2.45) is 0 Å². The molecule has 0 unspecified atom stereocenters. The third kappa shape index (κ3) is 4.62. The van der Waals surface area contributed by atoms with Crippen LogP contribution >= 0.6 is 0 Å². The second-order valence-electron chi connectivity index (χ2n) is 5.42. The number of hydrogen-bond acceptors (Lipinski definition) is 4. The Labute approximate surface area is 127 Å². The standard InChI is InChI=1S/C16H27N3O2/c1-5-9-17-13-10-14(12-15(11-13)19(20)21)18-16(6-2,7-3)8-4/h10-12,17-18H,5-9H2,1-4H3. The van der Waals surface area contributed by atoms with Gasteiger partial charge >= 0.3 is 0 Å². The monoisotopic (exact) mass is 293 g/mol. The smallest absolute Gasteiger partial charge is 0.273 e. The highest BCUT2D eigenvalue weighted by molar-refractivity contribution is 5.64. The van der Waals surface area contributed by atoms with Gasteiger partial charge in [-0.05, 0) is 31.7 Å². The number of nitrogens with zero attached hydrogens (tertiary/aromatic N) is 1. The molecule has 0 bridgehead atoms. The quantitative estimate of drug-likeness (QED) is 0.507. The highest BCUT2D eigenvalue weighted by Crippen LogP contribution is 2.30. The molecule has 0 aliphatic heterocycles. The van der Waals surface area contributed by atoms with E-state index in [0.29, 0.717) is 0 Å². The van der Waals surface area contributed by atoms with Crippen LogP contribution in [0.4, 0.5) is 17.1 Å². The molecule has 5 nitrogen and oxygen atoms in total. The van der Waals surface area contributed by atoms with Crippen molar-refractivity contribution in [3.63, 3.8) is 0 Å². The van der Waals surface area contributed by atoms with E-state index < -0.39 is 0 Å². The number of nitro benzene ring substituents is 1. The zero-order valence-electron chi connectivity index (χ0n) is 13.5. The van der Waals surface area contributed by atoms with Crippen molar-refractivity contribution < 1.29 is 4.92 Å². The number of rotatable bonds is 9. The number of non-ortho nitro benzene ring substituents is 1. The second kappa shape index (κ2) is 7.86. The van der Waals surface area contributed by atoms with E-state index in [1.807, 2.05) is 6.07 Å². The van der Waals surface area contributed by atoms with E-state index in [4.69, 9.17) is 0 Å². The van der Waals surface area contributed by atoms with Gasteiger partial charge in [0.25, 0.3) is 5.69 Å². The fraction of sp³-hybridized carbons (Fsp3) is 0.625. The fourth-order valence-electron chi connectivity index (χ4n) is 2.48. The molecule has 0 aliphatic rings. The molecule has 1 aromatic rings. The molecule has 0 saturated heterocycles. The molecule has 0 heterocycles. The zero-order valence-corrected chi connectivity index (χ0v) is 13.5. The summed E-state index contributed by atoms with van der Waals surface area (Å²) in [6.45, 7) is 9.32. The first kappa shape index (κ1) is 17.3. The molecule has 0 radical (unpaired) electrons. The number of benzene rings is 1. The van der Waals surface area contributed by atoms with Crippen molar-refractivity contribution in [3.8, 4) is 0 Å². The van der Waals surface area contributed by atoms with E-state index in [1.54, 1.807) is 12.1 Å². The number of nitrogens with one attached hydrogen (secondary N) is 2. The van der Waals surface area contributed by atoms with Crippen LogP contribution in [0, 0.1) is 10.1 Å². The first-order valence-corrected chi connectivity index (χ1v) is 7.81. The van der Waals surface area contributed by atoms with Crippen LogP contribution in [0.1, 0.15) is 53.4 Å². The lowest BCUT2D eigenvalue weighted by atomic mass is 9.89. The predicted octanol–water partition coefficient (Wildman–Crippen LogP) is 4.80. The van der Waals surface area contributed by atoms with Crippen LogP contribution in [-0.2, 0) is 0 Å². The van der Waals surface area contributed by atoms with Gasteiger partial charge in [-0.25, -0.2) is 0 Å². The molecule has 0 spiro atoms. The molecule has 1 aromatic carbocycles. The van der Waals surface area contributed by atoms with E-state index >= 15 is 0 Å². The molecule has 0 aliphatic carbocycles. The molecule has 0 aromatic heterocycles. The van der Waals surface area contributed by atoms with Crippen molar-refractivity contribution in [2.75, 3.05) is 17.2 Å². The van der Waals surface area contributed by atoms with Crippen LogP contribution in [0.5, 0.6) is 0 Å². The molecule has 1 rings (SSSR count). The molecule has 0 fully saturated rings. The summed E-state index contributed by atoms with van der Waals surface area (Å²) in [6.07, 6.45) is 3.94. The van der Waals surface area contributed by atoms with Crippen molar-refractivity contribution in [1.29, 1.82) is 0 Å². The van der Waals surface area contributed by atoms with Crippen molar-refractivity contribution in [1.82, 2.24) is 0 Å². The Morgan fingerprint density at radius 1 is 1.05 bits per heavy atom. The highest BCUT2D eigenvalue weighted by atomic mass is 16.6. The third-order valence-corrected chi connectivity index (χ3v) is 4.15. The normalized spacial score (nSPS) is 11.2. The average molecular weight is 293 g/mol. The van der Waals surface area contributed by atoms with Crippen molar-refractivity contribution in [3.05, 3.63) is 28.3 Å². The molecule has 21 heavy (non-hydrogen) atoms. The highest BCUT2D eigenvalue weighted by Gasteiger charge is 2.24. The van der Waals surface area contributed by atoms with Gasteiger partial charge < -0.3 is 10.6 Å². The summed E-state index contributed by atoms with van der Waals surface area (Å²) >= 11 is 0. The van der Waals surface area contributed by atoms with Gasteiger partial charge in [0.1, 0.15) is 0 Å². The predicted molar refractivity (Wildman–Crippen MR) is 89.1 cm³/mol. The van der Waals surface area contributed by atoms with E-state index in [9.17, 15) is 10.1 Å². The SMILES string of the molecule is CCCNc1cc(NC(CC)(CC)CC)cc([N+](=O)[O-])c1. The molecular formula is C16H27N3O2. The maximum Gasteiger partial charge on any atom is 0.273 e. The summed E-state index contributed by atoms with van der Waals surface area (Å²) in [5.74, 6) is 0. The van der Waals surface area contributed by atoms with Gasteiger partial charge in [0.05, 0.1) is 4.92 Å². The van der Waals surface area contributed by atoms with E-state index in [2.05, 4.69) is 38.3 Å². The molecular weight excluding hydrogens is 266 g/mol. The van der Waals surface area contributed by atoms with E-state index in [-0.39, 0.29) is 16.1 Å². The summed E-state index contributed by atoms with van der Waals surface area (Å²) in [6, 6.07) is 5.16. The van der Waals surface area contributed by atoms with Crippen molar-refractivity contribution >= 4 is 17.1 Å². The Morgan fingerprint density at radius 2 is 1.62 bits per heavy atom. The summed E-state index contributed by atoms with van der Waals surface area (Å²) in [5, 5.41) is 17.8. The lowest BCUT2D eigenvalue weighted by molar-refractivity contribution is -0.384. The average Bonchev–Trinajstić information content (AvgIpc) is 2.50. The van der Waals surface area contributed by atoms with Gasteiger partial charge in [0, 0.05) is 35.6 Å². The fourth-order valence-corrected chi connectivity index (χ4v) is 2.48. The minimum absolute atomic E-state index is 0.00273. The maximum absolute atomic E-state index is 11.1. The first-order chi connectivity index (χ1) is 10.00. The second-order valence-corrected chi connectivity index (χ2v) is 5.42. The van der Waals surface area contributed by atoms with Crippen LogP contribution in [0.3, 0.4) is 0 Å². The van der Waals surface area contributed by atoms with Crippen molar-refractivity contribution in [2.45, 2.75) is 58.9 Å². The van der Waals surface area contributed by atoms with E-state index in [1.165, 1.54) is 0 Å². The van der Waals surface area contributed by atoms with Gasteiger partial charge in [-0.15, -0.1) is 0 Å². The molecule has 0 amide bonds. The summed E-state index contributed by atoms with van der Waals surface area (Å²) in [5.41, 5.74) is 1.73. The van der Waals surface area contributed by atoms with Gasteiger partial charge in [0.2, 0.25) is 0 Å². The Kier molecular flexibility index (Phi) is 6.46. The van der Waals surface area contributed by atoms with Gasteiger partial charge in [-0.1, -0.05) is 27.7 Å². The van der Waals surface area contributed by atoms with Gasteiger partial charge in [0.15, 0.2) is 0 Å². The number of nitro groups is 1. The summed E-state index contributed by atoms with van der Waals surface area (Å²) in [4.78, 5) is 10.8. The van der Waals surface area contributed by atoms with Gasteiger partial charge in [-0.3, -0.25) is 10.1 Å². The summed E-state index contributed by atoms with van der Waals surface area (Å²) in [7, 11) is 0. The Bertz CT molecular complexity index is 462. The van der Waals surface area contributed by atoms with Crippen LogP contribution in [0.15, 0.2) is 18.2 Å². The minimum atomic E-state index is -0.339. The third-order valence-electron chi connectivity index (χ3n) is 4.15. The Hall–Kier alpha value is -1.78. The van der Waals surface area contributed by atoms with Crippen LogP contribution in [0.25, 0.3) is 0 Å². The lowest BCUT2D eigenvalue weighted by Crippen LogP contribution is -2.36. The lowest BCUT2D eigenvalue weighted by Gasteiger charge is -2.33. The molecule has 0 saturated carbocycles. The maximum atomic E-state index is 11.1. The van der Waals surface area contributed by atoms with Crippen LogP contribution in [-0.4, -0.2) is 17.0 Å². The Balaban J connectivity index is 3.09. The van der Waals surface area contributed by atoms with Crippen LogP contribution < -0.4 is 10.6 Å². The Morgan fingerprint density at radius 3 is 2.10 bits per heavy atom. The topological polar surface area (TPSA) is 67.2 Å². The molecule has 118 valence electrons. The van der Waals surface area contributed by atoms with Crippen LogP contribution in [0.2, 0.25) is 0 Å². The number of hydrogen-bond donors (Lipinski definition) is 2. The molecule has 5 heteroatoms. The molecule has 0 atom stereocenters. The minimum Gasteiger partial charge on any atom is -0.385 e.